The maximum absolute atomic E-state index is 11.9. The van der Waals surface area contributed by atoms with Gasteiger partial charge in [0.2, 0.25) is 5.91 Å². The van der Waals surface area contributed by atoms with Crippen molar-refractivity contribution in [1.29, 1.82) is 0 Å². The molecule has 2 aromatic rings. The lowest BCUT2D eigenvalue weighted by molar-refractivity contribution is -0.125. The van der Waals surface area contributed by atoms with Crippen molar-refractivity contribution < 1.29 is 4.79 Å². The van der Waals surface area contributed by atoms with Gasteiger partial charge in [-0.15, -0.1) is 24.8 Å². The van der Waals surface area contributed by atoms with Crippen molar-refractivity contribution in [3.05, 3.63) is 35.9 Å². The van der Waals surface area contributed by atoms with Gasteiger partial charge in [-0.1, -0.05) is 18.2 Å². The number of fused-ring (bicyclic) bond motifs is 1. The number of aromatic nitrogens is 1. The van der Waals surface area contributed by atoms with E-state index in [0.29, 0.717) is 6.54 Å². The third kappa shape index (κ3) is 5.23. The average molecular weight is 359 g/mol. The number of amides is 1. The summed E-state index contributed by atoms with van der Waals surface area (Å²) in [5.74, 6) is 0.694. The van der Waals surface area contributed by atoms with Crippen molar-refractivity contribution in [3.63, 3.8) is 0 Å². The Kier molecular flexibility index (Phi) is 7.77. The van der Waals surface area contributed by atoms with Crippen LogP contribution in [0.25, 0.3) is 10.9 Å². The molecule has 0 fully saturated rings. The second kappa shape index (κ2) is 8.34. The van der Waals surface area contributed by atoms with E-state index in [1.165, 1.54) is 0 Å². The molecule has 1 aromatic carbocycles. The molecule has 0 bridgehead atoms. The second-order valence-corrected chi connectivity index (χ2v) is 5.96. The molecule has 1 aromatic heterocycles. The molecule has 128 valence electrons. The van der Waals surface area contributed by atoms with E-state index in [1.807, 2.05) is 49.3 Å². The summed E-state index contributed by atoms with van der Waals surface area (Å²) in [6, 6.07) is 9.90. The van der Waals surface area contributed by atoms with Gasteiger partial charge in [-0.05, 0) is 31.5 Å². The van der Waals surface area contributed by atoms with E-state index in [1.54, 1.807) is 13.8 Å². The Labute approximate surface area is 149 Å². The normalized spacial score (nSPS) is 10.5. The van der Waals surface area contributed by atoms with Crippen LogP contribution >= 0.6 is 24.8 Å². The summed E-state index contributed by atoms with van der Waals surface area (Å²) in [5, 5.41) is 3.93. The van der Waals surface area contributed by atoms with Crippen molar-refractivity contribution >= 4 is 47.4 Å². The quantitative estimate of drug-likeness (QED) is 0.880. The fourth-order valence-corrected chi connectivity index (χ4v) is 2.01. The van der Waals surface area contributed by atoms with Gasteiger partial charge in [0.1, 0.15) is 5.82 Å². The first-order chi connectivity index (χ1) is 9.79. The van der Waals surface area contributed by atoms with Crippen LogP contribution in [-0.4, -0.2) is 30.5 Å². The van der Waals surface area contributed by atoms with Crippen molar-refractivity contribution in [2.45, 2.75) is 25.9 Å². The van der Waals surface area contributed by atoms with Crippen LogP contribution in [0, 0.1) is 0 Å². The number of pyridine rings is 1. The van der Waals surface area contributed by atoms with Gasteiger partial charge >= 0.3 is 0 Å². The zero-order valence-corrected chi connectivity index (χ0v) is 15.4. The smallest absolute Gasteiger partial charge is 0.239 e. The second-order valence-electron chi connectivity index (χ2n) is 5.96. The van der Waals surface area contributed by atoms with Crippen LogP contribution in [0.5, 0.6) is 0 Å². The van der Waals surface area contributed by atoms with Gasteiger partial charge in [0.15, 0.2) is 0 Å². The van der Waals surface area contributed by atoms with Crippen LogP contribution in [0.2, 0.25) is 0 Å². The fraction of sp³-hybridized carbons (Fsp3) is 0.375. The zero-order valence-electron chi connectivity index (χ0n) is 13.8. The molecular formula is C16H24Cl2N4O. The van der Waals surface area contributed by atoms with Crippen LogP contribution in [0.1, 0.15) is 19.4 Å². The Hall–Kier alpha value is -1.56. The number of carbonyl (C=O) groups is 1. The maximum Gasteiger partial charge on any atom is 0.239 e. The highest BCUT2D eigenvalue weighted by molar-refractivity contribution is 5.87. The van der Waals surface area contributed by atoms with Crippen LogP contribution < -0.4 is 16.0 Å². The van der Waals surface area contributed by atoms with E-state index < -0.39 is 5.54 Å². The predicted octanol–water partition coefficient (Wildman–Crippen LogP) is 2.50. The predicted molar refractivity (Wildman–Crippen MR) is 101 cm³/mol. The molecule has 23 heavy (non-hydrogen) atoms. The third-order valence-corrected chi connectivity index (χ3v) is 3.27. The molecule has 5 nitrogen and oxygen atoms in total. The fourth-order valence-electron chi connectivity index (χ4n) is 2.01. The summed E-state index contributed by atoms with van der Waals surface area (Å²) in [6.45, 7) is 3.82. The summed E-state index contributed by atoms with van der Waals surface area (Å²) < 4.78 is 0. The zero-order chi connectivity index (χ0) is 15.6. The Morgan fingerprint density at radius 2 is 1.87 bits per heavy atom. The summed E-state index contributed by atoms with van der Waals surface area (Å²) in [6.07, 6.45) is 0. The number of nitrogens with two attached hydrogens (primary N) is 1. The lowest BCUT2D eigenvalue weighted by atomic mass is 10.1. The highest BCUT2D eigenvalue weighted by Crippen LogP contribution is 2.22. The van der Waals surface area contributed by atoms with Crippen LogP contribution in [0.4, 0.5) is 5.82 Å². The lowest BCUT2D eigenvalue weighted by Crippen LogP contribution is -2.48. The number of para-hydroxylation sites is 1. The number of hydrogen-bond acceptors (Lipinski definition) is 4. The topological polar surface area (TPSA) is 71.2 Å². The molecule has 1 amide bonds. The SMILES string of the molecule is CN(C)c1cc(CNC(=O)C(C)(C)N)c2ccccc2n1.Cl.Cl. The standard InChI is InChI=1S/C16H22N4O.2ClH/c1-16(2,17)15(21)18-10-11-9-14(20(3)4)19-13-8-6-5-7-12(11)13;;/h5-9H,10,17H2,1-4H3,(H,18,21);2*1H. The van der Waals surface area contributed by atoms with E-state index >= 15 is 0 Å². The number of hydrogen-bond donors (Lipinski definition) is 2. The Balaban J connectivity index is 0.00000242. The average Bonchev–Trinajstić information content (AvgIpc) is 2.42. The highest BCUT2D eigenvalue weighted by Gasteiger charge is 2.21. The van der Waals surface area contributed by atoms with Gasteiger partial charge in [-0.25, -0.2) is 4.98 Å². The van der Waals surface area contributed by atoms with E-state index in [-0.39, 0.29) is 30.7 Å². The number of carbonyl (C=O) groups excluding carboxylic acids is 1. The van der Waals surface area contributed by atoms with Gasteiger partial charge in [0.25, 0.3) is 0 Å². The minimum absolute atomic E-state index is 0. The van der Waals surface area contributed by atoms with E-state index in [4.69, 9.17) is 5.73 Å². The van der Waals surface area contributed by atoms with E-state index in [2.05, 4.69) is 10.3 Å². The van der Waals surface area contributed by atoms with Gasteiger partial charge in [-0.3, -0.25) is 4.79 Å². The van der Waals surface area contributed by atoms with Crippen molar-refractivity contribution in [3.8, 4) is 0 Å². The number of halogens is 2. The molecule has 0 atom stereocenters. The molecule has 3 N–H and O–H groups in total. The Bertz CT molecular complexity index is 669. The summed E-state index contributed by atoms with van der Waals surface area (Å²) in [7, 11) is 3.89. The molecule has 0 saturated carbocycles. The summed E-state index contributed by atoms with van der Waals surface area (Å²) >= 11 is 0. The minimum atomic E-state index is -0.882. The number of anilines is 1. The molecule has 2 rings (SSSR count). The molecule has 0 aliphatic rings. The molecule has 0 spiro atoms. The highest BCUT2D eigenvalue weighted by atomic mass is 35.5. The Morgan fingerprint density at radius 1 is 1.26 bits per heavy atom. The van der Waals surface area contributed by atoms with Gasteiger partial charge in [0.05, 0.1) is 11.1 Å². The monoisotopic (exact) mass is 358 g/mol. The van der Waals surface area contributed by atoms with E-state index in [9.17, 15) is 4.79 Å². The molecule has 0 radical (unpaired) electrons. The minimum Gasteiger partial charge on any atom is -0.363 e. The lowest BCUT2D eigenvalue weighted by Gasteiger charge is -2.19. The largest absolute Gasteiger partial charge is 0.363 e. The summed E-state index contributed by atoms with van der Waals surface area (Å²) in [4.78, 5) is 18.5. The molecule has 0 unspecified atom stereocenters. The summed E-state index contributed by atoms with van der Waals surface area (Å²) in [5.41, 5.74) is 6.87. The first-order valence-corrected chi connectivity index (χ1v) is 6.92. The molecule has 1 heterocycles. The first-order valence-electron chi connectivity index (χ1n) is 6.92. The van der Waals surface area contributed by atoms with Crippen LogP contribution in [-0.2, 0) is 11.3 Å². The van der Waals surface area contributed by atoms with Crippen molar-refractivity contribution in [1.82, 2.24) is 10.3 Å². The molecular weight excluding hydrogens is 335 g/mol. The molecule has 0 saturated heterocycles. The Morgan fingerprint density at radius 3 is 2.43 bits per heavy atom. The van der Waals surface area contributed by atoms with Crippen LogP contribution in [0.3, 0.4) is 0 Å². The molecule has 7 heteroatoms. The molecule has 0 aliphatic heterocycles. The third-order valence-electron chi connectivity index (χ3n) is 3.27. The number of nitrogens with one attached hydrogen (secondary N) is 1. The van der Waals surface area contributed by atoms with Gasteiger partial charge in [0, 0.05) is 26.0 Å². The maximum atomic E-state index is 11.9. The van der Waals surface area contributed by atoms with Crippen molar-refractivity contribution in [2.75, 3.05) is 19.0 Å². The van der Waals surface area contributed by atoms with E-state index in [0.717, 1.165) is 22.3 Å². The number of benzene rings is 1. The first kappa shape index (κ1) is 21.4. The van der Waals surface area contributed by atoms with Crippen LogP contribution in [0.15, 0.2) is 30.3 Å². The number of rotatable bonds is 4. The molecule has 0 aliphatic carbocycles. The van der Waals surface area contributed by atoms with Crippen molar-refractivity contribution in [2.24, 2.45) is 5.73 Å². The van der Waals surface area contributed by atoms with Gasteiger partial charge in [-0.2, -0.15) is 0 Å². The number of nitrogens with zero attached hydrogens (tertiary/aromatic N) is 2. The van der Waals surface area contributed by atoms with Gasteiger partial charge < -0.3 is 16.0 Å².